The van der Waals surface area contributed by atoms with Crippen molar-refractivity contribution in [2.24, 2.45) is 0 Å². The second kappa shape index (κ2) is 3.61. The summed E-state index contributed by atoms with van der Waals surface area (Å²) in [7, 11) is 0. The lowest BCUT2D eigenvalue weighted by atomic mass is 10.1. The molecule has 1 fully saturated rings. The number of aromatic nitrogens is 2. The van der Waals surface area contributed by atoms with Gasteiger partial charge in [-0.25, -0.2) is 4.98 Å². The summed E-state index contributed by atoms with van der Waals surface area (Å²) in [6, 6.07) is 0. The molecule has 4 heteroatoms. The van der Waals surface area contributed by atoms with Crippen LogP contribution in [0.3, 0.4) is 0 Å². The van der Waals surface area contributed by atoms with Gasteiger partial charge in [-0.2, -0.15) is 0 Å². The van der Waals surface area contributed by atoms with E-state index in [4.69, 9.17) is 4.74 Å². The molecule has 0 bridgehead atoms. The third-order valence-electron chi connectivity index (χ3n) is 3.26. The molecule has 0 aliphatic carbocycles. The van der Waals surface area contributed by atoms with Crippen molar-refractivity contribution >= 4 is 0 Å². The number of fused-ring (bicyclic) bond motifs is 1. The summed E-state index contributed by atoms with van der Waals surface area (Å²) in [6.45, 7) is 1.74. The van der Waals surface area contributed by atoms with Gasteiger partial charge in [0.1, 0.15) is 11.9 Å². The topological polar surface area (TPSA) is 47.3 Å². The smallest absolute Gasteiger partial charge is 0.111 e. The monoisotopic (exact) mass is 208 g/mol. The number of rotatable bonds is 1. The maximum absolute atomic E-state index is 9.55. The van der Waals surface area contributed by atoms with Crippen molar-refractivity contribution in [3.8, 4) is 0 Å². The number of hydrogen-bond acceptors (Lipinski definition) is 3. The molecule has 1 saturated heterocycles. The van der Waals surface area contributed by atoms with Crippen LogP contribution in [0.5, 0.6) is 0 Å². The molecular formula is C11H16N2O2. The van der Waals surface area contributed by atoms with E-state index in [1.54, 1.807) is 0 Å². The second-order valence-electron chi connectivity index (χ2n) is 4.42. The average molecular weight is 208 g/mol. The summed E-state index contributed by atoms with van der Waals surface area (Å²) >= 11 is 0. The molecule has 2 unspecified atom stereocenters. The Hall–Kier alpha value is -0.870. The molecule has 82 valence electrons. The average Bonchev–Trinajstić information content (AvgIpc) is 2.84. The maximum atomic E-state index is 9.55. The van der Waals surface area contributed by atoms with Crippen LogP contribution in [0.25, 0.3) is 0 Å². The first-order chi connectivity index (χ1) is 7.33. The first-order valence-electron chi connectivity index (χ1n) is 5.68. The SMILES string of the molecule is OC1CCn2cc(C3CCCO3)nc2C1. The lowest BCUT2D eigenvalue weighted by Gasteiger charge is -2.18. The van der Waals surface area contributed by atoms with Crippen molar-refractivity contribution in [2.75, 3.05) is 6.61 Å². The lowest BCUT2D eigenvalue weighted by Crippen LogP contribution is -2.22. The Morgan fingerprint density at radius 2 is 2.40 bits per heavy atom. The van der Waals surface area contributed by atoms with Crippen molar-refractivity contribution < 1.29 is 9.84 Å². The molecule has 2 aliphatic rings. The Morgan fingerprint density at radius 3 is 3.20 bits per heavy atom. The number of aliphatic hydroxyl groups excluding tert-OH is 1. The molecular weight excluding hydrogens is 192 g/mol. The third kappa shape index (κ3) is 1.68. The van der Waals surface area contributed by atoms with Crippen LogP contribution in [0.15, 0.2) is 6.20 Å². The summed E-state index contributed by atoms with van der Waals surface area (Å²) in [4.78, 5) is 4.56. The molecule has 2 aliphatic heterocycles. The van der Waals surface area contributed by atoms with E-state index in [1.807, 2.05) is 0 Å². The highest BCUT2D eigenvalue weighted by Crippen LogP contribution is 2.28. The summed E-state index contributed by atoms with van der Waals surface area (Å²) in [5.41, 5.74) is 1.05. The summed E-state index contributed by atoms with van der Waals surface area (Å²) in [5.74, 6) is 1.01. The zero-order chi connectivity index (χ0) is 10.3. The molecule has 0 spiro atoms. The standard InChI is InChI=1S/C11H16N2O2/c14-8-3-4-13-7-9(12-11(13)6-8)10-2-1-5-15-10/h7-8,10,14H,1-6H2. The van der Waals surface area contributed by atoms with E-state index >= 15 is 0 Å². The van der Waals surface area contributed by atoms with Gasteiger partial charge in [-0.05, 0) is 19.3 Å². The van der Waals surface area contributed by atoms with Gasteiger partial charge in [-0.15, -0.1) is 0 Å². The van der Waals surface area contributed by atoms with Gasteiger partial charge in [0, 0.05) is 25.8 Å². The number of imidazole rings is 1. The van der Waals surface area contributed by atoms with Crippen LogP contribution in [-0.2, 0) is 17.7 Å². The third-order valence-corrected chi connectivity index (χ3v) is 3.26. The summed E-state index contributed by atoms with van der Waals surface area (Å²) in [5, 5.41) is 9.55. The number of hydrogen-bond donors (Lipinski definition) is 1. The van der Waals surface area contributed by atoms with Crippen molar-refractivity contribution in [2.45, 2.75) is 44.4 Å². The molecule has 3 rings (SSSR count). The van der Waals surface area contributed by atoms with Gasteiger partial charge in [0.15, 0.2) is 0 Å². The van der Waals surface area contributed by atoms with Crippen molar-refractivity contribution in [3.63, 3.8) is 0 Å². The van der Waals surface area contributed by atoms with Crippen LogP contribution < -0.4 is 0 Å². The minimum atomic E-state index is -0.211. The van der Waals surface area contributed by atoms with Gasteiger partial charge in [0.05, 0.1) is 11.8 Å². The van der Waals surface area contributed by atoms with Gasteiger partial charge in [-0.3, -0.25) is 0 Å². The second-order valence-corrected chi connectivity index (χ2v) is 4.42. The van der Waals surface area contributed by atoms with Crippen LogP contribution in [0.4, 0.5) is 0 Å². The van der Waals surface area contributed by atoms with E-state index in [1.165, 1.54) is 0 Å². The number of ether oxygens (including phenoxy) is 1. The minimum absolute atomic E-state index is 0.195. The number of nitrogens with zero attached hydrogens (tertiary/aromatic N) is 2. The predicted octanol–water partition coefficient (Wildman–Crippen LogP) is 1.04. The minimum Gasteiger partial charge on any atom is -0.393 e. The molecule has 3 heterocycles. The normalized spacial score (nSPS) is 30.5. The van der Waals surface area contributed by atoms with E-state index in [-0.39, 0.29) is 12.2 Å². The van der Waals surface area contributed by atoms with E-state index in [2.05, 4.69) is 15.7 Å². The molecule has 0 amide bonds. The lowest BCUT2D eigenvalue weighted by molar-refractivity contribution is 0.109. The van der Waals surface area contributed by atoms with Crippen molar-refractivity contribution in [1.82, 2.24) is 9.55 Å². The van der Waals surface area contributed by atoms with Gasteiger partial charge >= 0.3 is 0 Å². The molecule has 4 nitrogen and oxygen atoms in total. The largest absolute Gasteiger partial charge is 0.393 e. The molecule has 0 aromatic carbocycles. The van der Waals surface area contributed by atoms with Crippen LogP contribution in [0, 0.1) is 0 Å². The van der Waals surface area contributed by atoms with Crippen LogP contribution in [-0.4, -0.2) is 27.4 Å². The first-order valence-corrected chi connectivity index (χ1v) is 5.68. The Labute approximate surface area is 88.9 Å². The first kappa shape index (κ1) is 9.36. The zero-order valence-electron chi connectivity index (χ0n) is 8.72. The Bertz CT molecular complexity index is 355. The predicted molar refractivity (Wildman–Crippen MR) is 54.5 cm³/mol. The molecule has 1 N–H and O–H groups in total. The highest BCUT2D eigenvalue weighted by Gasteiger charge is 2.24. The van der Waals surface area contributed by atoms with Crippen LogP contribution >= 0.6 is 0 Å². The highest BCUT2D eigenvalue weighted by molar-refractivity contribution is 5.10. The van der Waals surface area contributed by atoms with E-state index in [0.29, 0.717) is 6.42 Å². The molecule has 1 aromatic heterocycles. The molecule has 2 atom stereocenters. The molecule has 15 heavy (non-hydrogen) atoms. The highest BCUT2D eigenvalue weighted by atomic mass is 16.5. The fraction of sp³-hybridized carbons (Fsp3) is 0.727. The van der Waals surface area contributed by atoms with Gasteiger partial charge in [0.25, 0.3) is 0 Å². The van der Waals surface area contributed by atoms with Crippen LogP contribution in [0.1, 0.15) is 36.9 Å². The fourth-order valence-corrected chi connectivity index (χ4v) is 2.40. The maximum Gasteiger partial charge on any atom is 0.111 e. The van der Waals surface area contributed by atoms with Crippen molar-refractivity contribution in [1.29, 1.82) is 0 Å². The van der Waals surface area contributed by atoms with Crippen LogP contribution in [0.2, 0.25) is 0 Å². The van der Waals surface area contributed by atoms with Gasteiger partial charge in [-0.1, -0.05) is 0 Å². The Morgan fingerprint density at radius 1 is 1.47 bits per heavy atom. The number of aliphatic hydroxyl groups is 1. The Balaban J connectivity index is 1.85. The van der Waals surface area contributed by atoms with E-state index in [9.17, 15) is 5.11 Å². The quantitative estimate of drug-likeness (QED) is 0.750. The zero-order valence-corrected chi connectivity index (χ0v) is 8.72. The summed E-state index contributed by atoms with van der Waals surface area (Å²) < 4.78 is 7.76. The fourth-order valence-electron chi connectivity index (χ4n) is 2.40. The summed E-state index contributed by atoms with van der Waals surface area (Å²) in [6.07, 6.45) is 5.82. The van der Waals surface area contributed by atoms with Crippen molar-refractivity contribution in [3.05, 3.63) is 17.7 Å². The molecule has 1 aromatic rings. The number of aryl methyl sites for hydroxylation is 1. The molecule has 0 saturated carbocycles. The van der Waals surface area contributed by atoms with Gasteiger partial charge in [0.2, 0.25) is 0 Å². The molecule has 0 radical (unpaired) electrons. The van der Waals surface area contributed by atoms with Gasteiger partial charge < -0.3 is 14.4 Å². The van der Waals surface area contributed by atoms with E-state index in [0.717, 1.165) is 43.9 Å². The van der Waals surface area contributed by atoms with E-state index < -0.39 is 0 Å². The Kier molecular flexibility index (Phi) is 2.25.